The normalized spacial score (nSPS) is 16.0. The maximum Gasteiger partial charge on any atom is 0.335 e. The minimum atomic E-state index is -0.772. The number of ether oxygens (including phenoxy) is 1. The molecule has 6 heteroatoms. The summed E-state index contributed by atoms with van der Waals surface area (Å²) in [6, 6.07) is 13.1. The Kier molecular flexibility index (Phi) is 4.84. The van der Waals surface area contributed by atoms with E-state index >= 15 is 0 Å². The first-order valence-electron chi connectivity index (χ1n) is 8.21. The van der Waals surface area contributed by atoms with Crippen LogP contribution in [-0.2, 0) is 9.59 Å². The summed E-state index contributed by atoms with van der Waals surface area (Å²) in [5, 5.41) is 2.22. The zero-order chi connectivity index (χ0) is 18.7. The van der Waals surface area contributed by atoms with Crippen molar-refractivity contribution in [1.29, 1.82) is 0 Å². The molecule has 1 aliphatic rings. The van der Waals surface area contributed by atoms with Gasteiger partial charge in [0, 0.05) is 0 Å². The first-order valence-corrected chi connectivity index (χ1v) is 8.21. The predicted octanol–water partition coefficient (Wildman–Crippen LogP) is 3.06. The summed E-state index contributed by atoms with van der Waals surface area (Å²) in [5.74, 6) is -0.732. The number of urea groups is 1. The topological polar surface area (TPSA) is 75.7 Å². The highest BCUT2D eigenvalue weighted by Gasteiger charge is 2.36. The van der Waals surface area contributed by atoms with Crippen LogP contribution in [-0.4, -0.2) is 24.5 Å². The largest absolute Gasteiger partial charge is 0.494 e. The first-order chi connectivity index (χ1) is 12.5. The SMILES string of the molecule is CCOc1ccc(N2C(=O)NC(=O)C(=Cc3ccccc3C)C2=O)cc1. The average molecular weight is 350 g/mol. The van der Waals surface area contributed by atoms with E-state index < -0.39 is 17.8 Å². The van der Waals surface area contributed by atoms with E-state index in [2.05, 4.69) is 5.32 Å². The van der Waals surface area contributed by atoms with Crippen LogP contribution in [0.25, 0.3) is 6.08 Å². The summed E-state index contributed by atoms with van der Waals surface area (Å²) >= 11 is 0. The second kappa shape index (κ2) is 7.23. The molecule has 0 unspecified atom stereocenters. The molecule has 1 saturated heterocycles. The molecule has 3 rings (SSSR count). The molecule has 0 atom stereocenters. The van der Waals surface area contributed by atoms with Gasteiger partial charge in [-0.15, -0.1) is 0 Å². The van der Waals surface area contributed by atoms with Crippen molar-refractivity contribution in [2.45, 2.75) is 13.8 Å². The van der Waals surface area contributed by atoms with Crippen molar-refractivity contribution in [2.75, 3.05) is 11.5 Å². The third kappa shape index (κ3) is 3.35. The van der Waals surface area contributed by atoms with Gasteiger partial charge in [0.1, 0.15) is 11.3 Å². The molecule has 0 spiro atoms. The third-order valence-corrected chi connectivity index (χ3v) is 4.00. The highest BCUT2D eigenvalue weighted by Crippen LogP contribution is 2.24. The lowest BCUT2D eigenvalue weighted by molar-refractivity contribution is -0.122. The highest BCUT2D eigenvalue weighted by atomic mass is 16.5. The fraction of sp³-hybridized carbons (Fsp3) is 0.150. The van der Waals surface area contributed by atoms with Gasteiger partial charge in [0.2, 0.25) is 0 Å². The monoisotopic (exact) mass is 350 g/mol. The Labute approximate surface area is 151 Å². The number of carbonyl (C=O) groups is 3. The van der Waals surface area contributed by atoms with Crippen molar-refractivity contribution in [1.82, 2.24) is 5.32 Å². The molecule has 2 aromatic carbocycles. The van der Waals surface area contributed by atoms with Gasteiger partial charge in [-0.3, -0.25) is 14.9 Å². The minimum Gasteiger partial charge on any atom is -0.494 e. The van der Waals surface area contributed by atoms with Gasteiger partial charge in [0.25, 0.3) is 11.8 Å². The Morgan fingerprint density at radius 3 is 2.38 bits per heavy atom. The molecule has 0 aliphatic carbocycles. The fourth-order valence-electron chi connectivity index (χ4n) is 2.65. The van der Waals surface area contributed by atoms with E-state index in [0.717, 1.165) is 16.0 Å². The number of nitrogens with zero attached hydrogens (tertiary/aromatic N) is 1. The highest BCUT2D eigenvalue weighted by molar-refractivity contribution is 6.39. The van der Waals surface area contributed by atoms with Gasteiger partial charge in [-0.1, -0.05) is 24.3 Å². The summed E-state index contributed by atoms with van der Waals surface area (Å²) in [5.41, 5.74) is 1.93. The molecule has 1 N–H and O–H groups in total. The van der Waals surface area contributed by atoms with Crippen molar-refractivity contribution in [3.8, 4) is 5.75 Å². The Hall–Kier alpha value is -3.41. The first kappa shape index (κ1) is 17.4. The van der Waals surface area contributed by atoms with Crippen LogP contribution in [0.15, 0.2) is 54.1 Å². The third-order valence-electron chi connectivity index (χ3n) is 4.00. The number of carbonyl (C=O) groups excluding carboxylic acids is 3. The molecule has 0 radical (unpaired) electrons. The van der Waals surface area contributed by atoms with Crippen molar-refractivity contribution in [2.24, 2.45) is 0 Å². The molecule has 0 bridgehead atoms. The number of aryl methyl sites for hydroxylation is 1. The van der Waals surface area contributed by atoms with Gasteiger partial charge < -0.3 is 4.74 Å². The molecule has 1 heterocycles. The van der Waals surface area contributed by atoms with Gasteiger partial charge in [-0.05, 0) is 55.3 Å². The van der Waals surface area contributed by atoms with Crippen LogP contribution in [0.5, 0.6) is 5.75 Å². The summed E-state index contributed by atoms with van der Waals surface area (Å²) in [6.45, 7) is 4.26. The number of nitrogens with one attached hydrogen (secondary N) is 1. The summed E-state index contributed by atoms with van der Waals surface area (Å²) in [7, 11) is 0. The second-order valence-electron chi connectivity index (χ2n) is 5.74. The molecule has 1 aliphatic heterocycles. The van der Waals surface area contributed by atoms with E-state index in [9.17, 15) is 14.4 Å². The molecular weight excluding hydrogens is 332 g/mol. The van der Waals surface area contributed by atoms with E-state index in [4.69, 9.17) is 4.74 Å². The van der Waals surface area contributed by atoms with Crippen LogP contribution in [0.1, 0.15) is 18.1 Å². The fourth-order valence-corrected chi connectivity index (χ4v) is 2.65. The molecule has 1 fully saturated rings. The van der Waals surface area contributed by atoms with Gasteiger partial charge in [-0.25, -0.2) is 9.69 Å². The maximum absolute atomic E-state index is 12.8. The summed E-state index contributed by atoms with van der Waals surface area (Å²) < 4.78 is 5.36. The number of benzene rings is 2. The molecule has 132 valence electrons. The van der Waals surface area contributed by atoms with E-state index in [-0.39, 0.29) is 5.57 Å². The van der Waals surface area contributed by atoms with Crippen LogP contribution in [0.4, 0.5) is 10.5 Å². The van der Waals surface area contributed by atoms with Gasteiger partial charge in [0.15, 0.2) is 0 Å². The zero-order valence-corrected chi connectivity index (χ0v) is 14.5. The lowest BCUT2D eigenvalue weighted by Gasteiger charge is -2.26. The van der Waals surface area contributed by atoms with Crippen LogP contribution in [0.2, 0.25) is 0 Å². The van der Waals surface area contributed by atoms with Crippen molar-refractivity contribution >= 4 is 29.6 Å². The number of hydrogen-bond acceptors (Lipinski definition) is 4. The molecule has 0 aromatic heterocycles. The van der Waals surface area contributed by atoms with Gasteiger partial charge >= 0.3 is 6.03 Å². The number of hydrogen-bond donors (Lipinski definition) is 1. The molecule has 26 heavy (non-hydrogen) atoms. The second-order valence-corrected chi connectivity index (χ2v) is 5.74. The number of rotatable bonds is 4. The van der Waals surface area contributed by atoms with Crippen molar-refractivity contribution in [3.05, 3.63) is 65.2 Å². The standard InChI is InChI=1S/C20H18N2O4/c1-3-26-16-10-8-15(9-11-16)22-19(24)17(18(23)21-20(22)25)12-14-7-5-4-6-13(14)2/h4-12H,3H2,1-2H3,(H,21,23,25). The smallest absolute Gasteiger partial charge is 0.335 e. The molecule has 0 saturated carbocycles. The number of barbiturate groups is 1. The lowest BCUT2D eigenvalue weighted by atomic mass is 10.0. The van der Waals surface area contributed by atoms with Crippen LogP contribution in [0.3, 0.4) is 0 Å². The van der Waals surface area contributed by atoms with Crippen LogP contribution >= 0.6 is 0 Å². The van der Waals surface area contributed by atoms with E-state index in [1.807, 2.05) is 32.0 Å². The Balaban J connectivity index is 1.97. The van der Waals surface area contributed by atoms with E-state index in [1.54, 1.807) is 30.3 Å². The predicted molar refractivity (Wildman–Crippen MR) is 97.8 cm³/mol. The Bertz CT molecular complexity index is 900. The molecule has 2 aromatic rings. The Morgan fingerprint density at radius 1 is 1.04 bits per heavy atom. The van der Waals surface area contributed by atoms with Crippen molar-refractivity contribution < 1.29 is 19.1 Å². The molecular formula is C20H18N2O4. The lowest BCUT2D eigenvalue weighted by Crippen LogP contribution is -2.54. The van der Waals surface area contributed by atoms with E-state index in [1.165, 1.54) is 6.08 Å². The Morgan fingerprint density at radius 2 is 1.73 bits per heavy atom. The van der Waals surface area contributed by atoms with Crippen molar-refractivity contribution in [3.63, 3.8) is 0 Å². The van der Waals surface area contributed by atoms with E-state index in [0.29, 0.717) is 18.0 Å². The number of anilines is 1. The molecule has 6 nitrogen and oxygen atoms in total. The summed E-state index contributed by atoms with van der Waals surface area (Å²) in [4.78, 5) is 38.1. The van der Waals surface area contributed by atoms with Gasteiger partial charge in [0.05, 0.1) is 12.3 Å². The average Bonchev–Trinajstić information content (AvgIpc) is 2.61. The van der Waals surface area contributed by atoms with Crippen LogP contribution < -0.4 is 15.0 Å². The number of imide groups is 2. The maximum atomic E-state index is 12.8. The molecule has 4 amide bonds. The summed E-state index contributed by atoms with van der Waals surface area (Å²) in [6.07, 6.45) is 1.50. The zero-order valence-electron chi connectivity index (χ0n) is 14.5. The minimum absolute atomic E-state index is 0.0900. The van der Waals surface area contributed by atoms with Gasteiger partial charge in [-0.2, -0.15) is 0 Å². The number of amides is 4. The quantitative estimate of drug-likeness (QED) is 0.679. The van der Waals surface area contributed by atoms with Crippen LogP contribution in [0, 0.1) is 6.92 Å².